The molecule has 3 aromatic rings. The van der Waals surface area contributed by atoms with E-state index >= 15 is 0 Å². The second kappa shape index (κ2) is 11.6. The maximum absolute atomic E-state index is 12.4. The minimum Gasteiger partial charge on any atom is -0.493 e. The summed E-state index contributed by atoms with van der Waals surface area (Å²) in [6.45, 7) is 2.35. The molecule has 0 unspecified atom stereocenters. The van der Waals surface area contributed by atoms with Gasteiger partial charge in [-0.2, -0.15) is 0 Å². The molecule has 32 heavy (non-hydrogen) atoms. The van der Waals surface area contributed by atoms with Crippen molar-refractivity contribution in [3.8, 4) is 5.75 Å². The number of carbonyl (C=O) groups excluding carboxylic acids is 2. The first-order valence-corrected chi connectivity index (χ1v) is 10.7. The van der Waals surface area contributed by atoms with Gasteiger partial charge in [0.1, 0.15) is 5.75 Å². The van der Waals surface area contributed by atoms with Crippen LogP contribution in [0.4, 0.5) is 11.4 Å². The van der Waals surface area contributed by atoms with E-state index in [1.807, 2.05) is 18.2 Å². The zero-order valence-electron chi connectivity index (χ0n) is 17.8. The van der Waals surface area contributed by atoms with Gasteiger partial charge in [-0.05, 0) is 66.3 Å². The predicted molar refractivity (Wildman–Crippen MR) is 131 cm³/mol. The van der Waals surface area contributed by atoms with E-state index in [1.54, 1.807) is 55.5 Å². The van der Waals surface area contributed by atoms with Crippen LogP contribution in [0.1, 0.15) is 29.3 Å². The van der Waals surface area contributed by atoms with Crippen molar-refractivity contribution in [1.82, 2.24) is 5.32 Å². The van der Waals surface area contributed by atoms with E-state index < -0.39 is 0 Å². The molecule has 7 heteroatoms. The van der Waals surface area contributed by atoms with Crippen LogP contribution in [0.5, 0.6) is 5.75 Å². The molecular formula is C25H25N3O3S. The lowest BCUT2D eigenvalue weighted by atomic mass is 10.2. The number of hydrogen-bond acceptors (Lipinski definition) is 4. The molecule has 0 radical (unpaired) electrons. The molecule has 2 amide bonds. The summed E-state index contributed by atoms with van der Waals surface area (Å²) in [6.07, 6.45) is 1.23. The van der Waals surface area contributed by atoms with Gasteiger partial charge in [0.25, 0.3) is 5.91 Å². The molecule has 0 aromatic heterocycles. The summed E-state index contributed by atoms with van der Waals surface area (Å²) >= 11 is 5.23. The van der Waals surface area contributed by atoms with Crippen LogP contribution in [0.3, 0.4) is 0 Å². The fraction of sp³-hybridized carbons (Fsp3) is 0.160. The predicted octanol–water partition coefficient (Wildman–Crippen LogP) is 4.78. The summed E-state index contributed by atoms with van der Waals surface area (Å²) in [5.41, 5.74) is 3.09. The molecule has 0 heterocycles. The Kier molecular flexibility index (Phi) is 8.34. The van der Waals surface area contributed by atoms with E-state index in [1.165, 1.54) is 5.56 Å². The first-order chi connectivity index (χ1) is 15.5. The van der Waals surface area contributed by atoms with Gasteiger partial charge in [-0.3, -0.25) is 14.9 Å². The SMILES string of the molecule is CCC(=O)Nc1ccc(NC(=S)NC(=O)c2ccc(OCCc3ccccc3)cc2)cc1. The minimum atomic E-state index is -0.315. The van der Waals surface area contributed by atoms with Crippen LogP contribution >= 0.6 is 12.2 Å². The lowest BCUT2D eigenvalue weighted by molar-refractivity contribution is -0.115. The normalized spacial score (nSPS) is 10.2. The van der Waals surface area contributed by atoms with Crippen molar-refractivity contribution in [3.63, 3.8) is 0 Å². The van der Waals surface area contributed by atoms with Crippen LogP contribution in [0.15, 0.2) is 78.9 Å². The van der Waals surface area contributed by atoms with Gasteiger partial charge in [-0.15, -0.1) is 0 Å². The maximum atomic E-state index is 12.4. The number of nitrogens with one attached hydrogen (secondary N) is 3. The average molecular weight is 448 g/mol. The highest BCUT2D eigenvalue weighted by atomic mass is 32.1. The first kappa shape index (κ1) is 23.0. The van der Waals surface area contributed by atoms with Crippen LogP contribution in [0.2, 0.25) is 0 Å². The number of ether oxygens (including phenoxy) is 1. The van der Waals surface area contributed by atoms with Gasteiger partial charge in [0.15, 0.2) is 5.11 Å². The van der Waals surface area contributed by atoms with Crippen molar-refractivity contribution in [2.45, 2.75) is 19.8 Å². The summed E-state index contributed by atoms with van der Waals surface area (Å²) in [4.78, 5) is 23.9. The Morgan fingerprint density at radius 1 is 0.844 bits per heavy atom. The van der Waals surface area contributed by atoms with E-state index in [2.05, 4.69) is 28.1 Å². The van der Waals surface area contributed by atoms with Crippen molar-refractivity contribution in [2.24, 2.45) is 0 Å². The van der Waals surface area contributed by atoms with Gasteiger partial charge >= 0.3 is 0 Å². The van der Waals surface area contributed by atoms with Crippen LogP contribution < -0.4 is 20.7 Å². The van der Waals surface area contributed by atoms with Crippen molar-refractivity contribution < 1.29 is 14.3 Å². The highest BCUT2D eigenvalue weighted by Crippen LogP contribution is 2.15. The van der Waals surface area contributed by atoms with Gasteiger partial charge < -0.3 is 15.4 Å². The van der Waals surface area contributed by atoms with E-state index in [9.17, 15) is 9.59 Å². The van der Waals surface area contributed by atoms with E-state index in [0.717, 1.165) is 6.42 Å². The third-order valence-electron chi connectivity index (χ3n) is 4.59. The van der Waals surface area contributed by atoms with Crippen LogP contribution in [-0.2, 0) is 11.2 Å². The Morgan fingerprint density at radius 2 is 1.47 bits per heavy atom. The summed E-state index contributed by atoms with van der Waals surface area (Å²) < 4.78 is 5.75. The molecule has 0 aliphatic carbocycles. The second-order valence-electron chi connectivity index (χ2n) is 7.00. The number of thiocarbonyl (C=S) groups is 1. The molecule has 0 atom stereocenters. The fourth-order valence-electron chi connectivity index (χ4n) is 2.86. The standard InChI is InChI=1S/C25H25N3O3S/c1-2-23(29)26-20-10-12-21(13-11-20)27-25(32)28-24(30)19-8-14-22(15-9-19)31-17-16-18-6-4-3-5-7-18/h3-15H,2,16-17H2,1H3,(H,26,29)(H2,27,28,30,32). The summed E-state index contributed by atoms with van der Waals surface area (Å²) in [5, 5.41) is 8.57. The molecule has 0 spiro atoms. The van der Waals surface area contributed by atoms with Gasteiger partial charge in [0, 0.05) is 29.8 Å². The number of anilines is 2. The molecule has 0 aliphatic heterocycles. The lowest BCUT2D eigenvalue weighted by Crippen LogP contribution is -2.34. The number of hydrogen-bond donors (Lipinski definition) is 3. The molecule has 6 nitrogen and oxygen atoms in total. The third-order valence-corrected chi connectivity index (χ3v) is 4.80. The zero-order valence-corrected chi connectivity index (χ0v) is 18.6. The Balaban J connectivity index is 1.45. The molecule has 0 bridgehead atoms. The number of benzene rings is 3. The van der Waals surface area contributed by atoms with Crippen molar-refractivity contribution in [3.05, 3.63) is 90.0 Å². The molecule has 3 rings (SSSR count). The minimum absolute atomic E-state index is 0.0545. The van der Waals surface area contributed by atoms with Crippen molar-refractivity contribution in [1.29, 1.82) is 0 Å². The third kappa shape index (κ3) is 7.21. The Labute approximate surface area is 193 Å². The van der Waals surface area contributed by atoms with Gasteiger partial charge in [0.2, 0.25) is 5.91 Å². The molecule has 0 saturated heterocycles. The largest absolute Gasteiger partial charge is 0.493 e. The molecule has 0 saturated carbocycles. The van der Waals surface area contributed by atoms with Crippen molar-refractivity contribution in [2.75, 3.05) is 17.2 Å². The first-order valence-electron chi connectivity index (χ1n) is 10.3. The second-order valence-corrected chi connectivity index (χ2v) is 7.40. The van der Waals surface area contributed by atoms with E-state index in [-0.39, 0.29) is 16.9 Å². The molecule has 3 aromatic carbocycles. The molecule has 3 N–H and O–H groups in total. The number of carbonyl (C=O) groups is 2. The number of amides is 2. The summed E-state index contributed by atoms with van der Waals surface area (Å²) in [5.74, 6) is 0.333. The van der Waals surface area contributed by atoms with Crippen molar-refractivity contribution >= 4 is 40.5 Å². The van der Waals surface area contributed by atoms with E-state index in [4.69, 9.17) is 17.0 Å². The maximum Gasteiger partial charge on any atom is 0.257 e. The lowest BCUT2D eigenvalue weighted by Gasteiger charge is -2.11. The van der Waals surface area contributed by atoms with Crippen LogP contribution in [-0.4, -0.2) is 23.5 Å². The summed E-state index contributed by atoms with van der Waals surface area (Å²) in [7, 11) is 0. The molecule has 164 valence electrons. The Hall–Kier alpha value is -3.71. The van der Waals surface area contributed by atoms with Crippen LogP contribution in [0.25, 0.3) is 0 Å². The molecular weight excluding hydrogens is 422 g/mol. The summed E-state index contributed by atoms with van der Waals surface area (Å²) in [6, 6.07) is 24.1. The van der Waals surface area contributed by atoms with E-state index in [0.29, 0.717) is 35.7 Å². The van der Waals surface area contributed by atoms with Crippen LogP contribution in [0, 0.1) is 0 Å². The smallest absolute Gasteiger partial charge is 0.257 e. The Bertz CT molecular complexity index is 1050. The average Bonchev–Trinajstić information content (AvgIpc) is 2.81. The monoisotopic (exact) mass is 447 g/mol. The highest BCUT2D eigenvalue weighted by molar-refractivity contribution is 7.80. The van der Waals surface area contributed by atoms with Gasteiger partial charge in [-0.25, -0.2) is 0 Å². The highest BCUT2D eigenvalue weighted by Gasteiger charge is 2.09. The number of rotatable bonds is 8. The van der Waals surface area contributed by atoms with Gasteiger partial charge in [-0.1, -0.05) is 37.3 Å². The zero-order chi connectivity index (χ0) is 22.8. The molecule has 0 fully saturated rings. The fourth-order valence-corrected chi connectivity index (χ4v) is 3.07. The topological polar surface area (TPSA) is 79.5 Å². The van der Waals surface area contributed by atoms with Gasteiger partial charge in [0.05, 0.1) is 6.61 Å². The quantitative estimate of drug-likeness (QED) is 0.433. The molecule has 0 aliphatic rings. The Morgan fingerprint density at radius 3 is 2.09 bits per heavy atom.